The highest BCUT2D eigenvalue weighted by Crippen LogP contribution is 2.48. The van der Waals surface area contributed by atoms with Crippen LogP contribution < -0.4 is 5.73 Å². The number of alkyl halides is 3. The monoisotopic (exact) mass is 567 g/mol. The second kappa shape index (κ2) is 11.0. The Hall–Kier alpha value is -3.83. The molecule has 6 nitrogen and oxygen atoms in total. The minimum absolute atomic E-state index is 0.196. The molecule has 0 radical (unpaired) electrons. The van der Waals surface area contributed by atoms with Crippen molar-refractivity contribution in [3.63, 3.8) is 0 Å². The molecule has 3 aromatic rings. The molecule has 2 aromatic heterocycles. The van der Waals surface area contributed by atoms with E-state index in [1.165, 1.54) is 24.4 Å². The van der Waals surface area contributed by atoms with Crippen molar-refractivity contribution in [1.29, 1.82) is 0 Å². The van der Waals surface area contributed by atoms with Crippen molar-refractivity contribution < 1.29 is 22.4 Å². The molecular weight excluding hydrogens is 542 g/mol. The average Bonchev–Trinajstić information content (AvgIpc) is 2.93. The largest absolute Gasteiger partial charge is 0.433 e. The molecule has 0 spiro atoms. The first-order valence-corrected chi connectivity index (χ1v) is 13.2. The van der Waals surface area contributed by atoms with Crippen LogP contribution >= 0.6 is 11.9 Å². The van der Waals surface area contributed by atoms with Crippen LogP contribution in [0.4, 0.5) is 23.2 Å². The maximum atomic E-state index is 14.2. The number of carbonyl (C=O) groups is 1. The van der Waals surface area contributed by atoms with Gasteiger partial charge >= 0.3 is 6.18 Å². The number of rotatable bonds is 5. The molecule has 1 aliphatic carbocycles. The minimum Gasteiger partial charge on any atom is -0.404 e. The fourth-order valence-electron chi connectivity index (χ4n) is 4.98. The number of Topliss-reactive ketones (excluding diaryl/α,β-unsaturated/α-hetero) is 1. The highest BCUT2D eigenvalue weighted by atomic mass is 32.2. The molecule has 1 unspecified atom stereocenters. The van der Waals surface area contributed by atoms with Gasteiger partial charge in [-0.3, -0.25) is 14.8 Å². The summed E-state index contributed by atoms with van der Waals surface area (Å²) in [7, 11) is 0. The molecular formula is C29H25F4N5OS. The number of allylic oxidation sites excluding steroid dienone is 2. The lowest BCUT2D eigenvalue weighted by molar-refractivity contribution is -0.141. The molecule has 1 aliphatic heterocycles. The number of aryl methyl sites for hydroxylation is 1. The summed E-state index contributed by atoms with van der Waals surface area (Å²) < 4.78 is 55.1. The fourth-order valence-corrected chi connectivity index (χ4v) is 6.03. The summed E-state index contributed by atoms with van der Waals surface area (Å²) in [6.07, 6.45) is 2.12. The number of fused-ring (bicyclic) bond motifs is 1. The Morgan fingerprint density at radius 2 is 1.88 bits per heavy atom. The first kappa shape index (κ1) is 27.7. The van der Waals surface area contributed by atoms with E-state index in [1.807, 2.05) is 17.3 Å². The van der Waals surface area contributed by atoms with E-state index in [4.69, 9.17) is 5.73 Å². The Labute approximate surface area is 232 Å². The van der Waals surface area contributed by atoms with Gasteiger partial charge < -0.3 is 5.73 Å². The van der Waals surface area contributed by atoms with E-state index >= 15 is 0 Å². The number of ketones is 1. The van der Waals surface area contributed by atoms with Gasteiger partial charge in [-0.25, -0.2) is 13.7 Å². The van der Waals surface area contributed by atoms with Gasteiger partial charge in [-0.2, -0.15) is 13.2 Å². The third kappa shape index (κ3) is 5.71. The molecule has 1 saturated heterocycles. The van der Waals surface area contributed by atoms with Crippen LogP contribution in [0.1, 0.15) is 34.6 Å². The van der Waals surface area contributed by atoms with E-state index in [0.29, 0.717) is 40.5 Å². The predicted octanol–water partition coefficient (Wildman–Crippen LogP) is 6.47. The van der Waals surface area contributed by atoms with Crippen LogP contribution in [0.5, 0.6) is 0 Å². The number of hydrogen-bond donors (Lipinski definition) is 1. The summed E-state index contributed by atoms with van der Waals surface area (Å²) >= 11 is 1.16. The van der Waals surface area contributed by atoms with E-state index < -0.39 is 17.3 Å². The molecule has 1 atom stereocenters. The first-order valence-electron chi connectivity index (χ1n) is 12.5. The molecule has 1 aromatic carbocycles. The molecule has 0 amide bonds. The smallest absolute Gasteiger partial charge is 0.404 e. The summed E-state index contributed by atoms with van der Waals surface area (Å²) in [6, 6.07) is 11.8. The molecule has 2 N–H and O–H groups in total. The highest BCUT2D eigenvalue weighted by Gasteiger charge is 2.49. The maximum Gasteiger partial charge on any atom is 0.433 e. The van der Waals surface area contributed by atoms with Crippen LogP contribution in [0.25, 0.3) is 0 Å². The Balaban J connectivity index is 1.54. The van der Waals surface area contributed by atoms with Crippen LogP contribution in [-0.4, -0.2) is 38.9 Å². The molecule has 11 heteroatoms. The molecule has 3 heterocycles. The van der Waals surface area contributed by atoms with Gasteiger partial charge in [0.05, 0.1) is 16.8 Å². The van der Waals surface area contributed by atoms with Crippen LogP contribution in [0, 0.1) is 18.2 Å². The number of nitrogens with zero attached hydrogens (tertiary/aromatic N) is 4. The van der Waals surface area contributed by atoms with Gasteiger partial charge in [0, 0.05) is 30.4 Å². The second-order valence-corrected chi connectivity index (χ2v) is 10.9. The number of pyridine rings is 2. The van der Waals surface area contributed by atoms with E-state index in [2.05, 4.69) is 15.0 Å². The molecule has 5 rings (SSSR count). The van der Waals surface area contributed by atoms with Crippen molar-refractivity contribution in [1.82, 2.24) is 14.3 Å². The van der Waals surface area contributed by atoms with Crippen LogP contribution in [0.15, 0.2) is 94.2 Å². The average molecular weight is 568 g/mol. The van der Waals surface area contributed by atoms with Gasteiger partial charge in [0.1, 0.15) is 17.2 Å². The van der Waals surface area contributed by atoms with Gasteiger partial charge in [-0.15, -0.1) is 0 Å². The van der Waals surface area contributed by atoms with E-state index in [9.17, 15) is 22.4 Å². The lowest BCUT2D eigenvalue weighted by atomic mass is 9.64. The molecule has 1 fully saturated rings. The number of aliphatic imine (C=N–C) groups is 1. The standard InChI is InChI=1S/C29H25F4N5OS/c1-18-6-9-35-25(12-18)27(39)28-15-19(16-34)24(37-22-4-2-21(30)3-5-22)13-20(28)8-11-38(17-28)40-23-7-10-36-26(14-23)29(31,32)33/h2-7,9-10,12-14,16H,8,11,15,17,34H2,1H3. The number of halogens is 4. The zero-order chi connectivity index (χ0) is 28.5. The van der Waals surface area contributed by atoms with Gasteiger partial charge in [0.2, 0.25) is 0 Å². The number of carbonyl (C=O) groups excluding carboxylic acids is 1. The van der Waals surface area contributed by atoms with Crippen molar-refractivity contribution in [2.24, 2.45) is 16.1 Å². The van der Waals surface area contributed by atoms with Gasteiger partial charge in [0.15, 0.2) is 5.78 Å². The molecule has 40 heavy (non-hydrogen) atoms. The normalized spacial score (nSPS) is 21.8. The Morgan fingerprint density at radius 3 is 2.58 bits per heavy atom. The van der Waals surface area contributed by atoms with Crippen LogP contribution in [-0.2, 0) is 6.18 Å². The zero-order valence-electron chi connectivity index (χ0n) is 21.5. The summed E-state index contributed by atoms with van der Waals surface area (Å²) in [5, 5.41) is 0. The SMILES string of the molecule is Cc1ccnc(C(=O)C23CC(=CN)C(=Nc4ccc(F)cc4)C=C2CCN(Sc2ccnc(C(F)(F)F)c2)C3)c1. The van der Waals surface area contributed by atoms with Crippen LogP contribution in [0.3, 0.4) is 0 Å². The van der Waals surface area contributed by atoms with E-state index in [0.717, 1.165) is 35.3 Å². The van der Waals surface area contributed by atoms with Crippen molar-refractivity contribution in [2.45, 2.75) is 30.8 Å². The Morgan fingerprint density at radius 1 is 1.12 bits per heavy atom. The summed E-state index contributed by atoms with van der Waals surface area (Å²) in [5.41, 5.74) is 7.78. The van der Waals surface area contributed by atoms with Gasteiger partial charge in [-0.05, 0) is 104 Å². The van der Waals surface area contributed by atoms with Crippen molar-refractivity contribution in [3.8, 4) is 0 Å². The van der Waals surface area contributed by atoms with E-state index in [-0.39, 0.29) is 24.6 Å². The number of nitrogens with two attached hydrogens (primary N) is 1. The lowest BCUT2D eigenvalue weighted by Crippen LogP contribution is -2.49. The van der Waals surface area contributed by atoms with Crippen molar-refractivity contribution >= 4 is 29.1 Å². The molecule has 0 saturated carbocycles. The summed E-state index contributed by atoms with van der Waals surface area (Å²) in [5.74, 6) is -0.573. The van der Waals surface area contributed by atoms with Crippen LogP contribution in [0.2, 0.25) is 0 Å². The second-order valence-electron chi connectivity index (χ2n) is 9.72. The Kier molecular flexibility index (Phi) is 7.61. The van der Waals surface area contributed by atoms with E-state index in [1.54, 1.807) is 30.5 Å². The van der Waals surface area contributed by atoms with Gasteiger partial charge in [0.25, 0.3) is 0 Å². The molecule has 206 valence electrons. The van der Waals surface area contributed by atoms with Crippen molar-refractivity contribution in [2.75, 3.05) is 13.1 Å². The molecule has 0 bridgehead atoms. The Bertz CT molecular complexity index is 1530. The predicted molar refractivity (Wildman–Crippen MR) is 145 cm³/mol. The third-order valence-electron chi connectivity index (χ3n) is 6.94. The lowest BCUT2D eigenvalue weighted by Gasteiger charge is -2.45. The topological polar surface area (TPSA) is 84.5 Å². The van der Waals surface area contributed by atoms with Crippen molar-refractivity contribution in [3.05, 3.63) is 107 Å². The molecule has 2 aliphatic rings. The number of hydrogen-bond acceptors (Lipinski definition) is 7. The maximum absolute atomic E-state index is 14.2. The number of piperidine rings is 1. The fraction of sp³-hybridized carbons (Fsp3) is 0.241. The zero-order valence-corrected chi connectivity index (χ0v) is 22.3. The highest BCUT2D eigenvalue weighted by molar-refractivity contribution is 7.97. The summed E-state index contributed by atoms with van der Waals surface area (Å²) in [6.45, 7) is 2.59. The number of aromatic nitrogens is 2. The summed E-state index contributed by atoms with van der Waals surface area (Å²) in [4.78, 5) is 27.0. The first-order chi connectivity index (χ1) is 19.1. The number of benzene rings is 1. The third-order valence-corrected chi connectivity index (χ3v) is 7.97. The van der Waals surface area contributed by atoms with Gasteiger partial charge in [-0.1, -0.05) is 5.57 Å². The quantitative estimate of drug-likeness (QED) is 0.216. The minimum atomic E-state index is -4.56.